The van der Waals surface area contributed by atoms with E-state index in [-0.39, 0.29) is 11.4 Å². The maximum atomic E-state index is 6.34. The molecule has 0 saturated carbocycles. The van der Waals surface area contributed by atoms with Crippen LogP contribution in [0.3, 0.4) is 0 Å². The van der Waals surface area contributed by atoms with E-state index in [0.29, 0.717) is 0 Å². The lowest BCUT2D eigenvalue weighted by Gasteiger charge is -2.18. The molecule has 0 aromatic carbocycles. The van der Waals surface area contributed by atoms with E-state index < -0.39 is 0 Å². The van der Waals surface area contributed by atoms with Crippen LogP contribution in [0.15, 0.2) is 28.3 Å². The summed E-state index contributed by atoms with van der Waals surface area (Å²) in [6, 6.07) is 2.08. The molecule has 7 heteroatoms. The zero-order chi connectivity index (χ0) is 15.0. The molecule has 110 valence electrons. The van der Waals surface area contributed by atoms with Crippen LogP contribution in [0.4, 0.5) is 0 Å². The van der Waals surface area contributed by atoms with Gasteiger partial charge in [0.2, 0.25) is 0 Å². The van der Waals surface area contributed by atoms with Crippen molar-refractivity contribution in [1.29, 1.82) is 0 Å². The summed E-state index contributed by atoms with van der Waals surface area (Å²) < 4.78 is 3.04. The minimum absolute atomic E-state index is 0.111. The van der Waals surface area contributed by atoms with Gasteiger partial charge in [-0.3, -0.25) is 0 Å². The van der Waals surface area contributed by atoms with Gasteiger partial charge in [0, 0.05) is 22.2 Å². The van der Waals surface area contributed by atoms with Crippen molar-refractivity contribution >= 4 is 50.0 Å². The third kappa shape index (κ3) is 2.72. The van der Waals surface area contributed by atoms with Gasteiger partial charge in [-0.1, -0.05) is 6.92 Å². The normalized spacial score (nSPS) is 14.5. The summed E-state index contributed by atoms with van der Waals surface area (Å²) >= 11 is 11.4. The summed E-state index contributed by atoms with van der Waals surface area (Å²) in [7, 11) is 0. The molecule has 21 heavy (non-hydrogen) atoms. The van der Waals surface area contributed by atoms with Crippen LogP contribution < -0.4 is 0 Å². The molecule has 3 rings (SSSR count). The van der Waals surface area contributed by atoms with Crippen LogP contribution in [0.25, 0.3) is 11.2 Å². The summed E-state index contributed by atoms with van der Waals surface area (Å²) in [6.45, 7) is 4.07. The minimum atomic E-state index is -0.188. The van der Waals surface area contributed by atoms with Crippen LogP contribution >= 0.6 is 38.9 Å². The van der Waals surface area contributed by atoms with Crippen molar-refractivity contribution in [2.45, 2.75) is 31.7 Å². The number of halogens is 2. The number of fused-ring (bicyclic) bond motifs is 1. The monoisotopic (exact) mass is 384 g/mol. The number of nitrogens with zero attached hydrogens (tertiary/aromatic N) is 4. The van der Waals surface area contributed by atoms with E-state index in [1.54, 1.807) is 17.5 Å². The van der Waals surface area contributed by atoms with Gasteiger partial charge in [0.05, 0.1) is 11.4 Å². The number of thiazole rings is 1. The van der Waals surface area contributed by atoms with Gasteiger partial charge >= 0.3 is 0 Å². The van der Waals surface area contributed by atoms with Crippen molar-refractivity contribution < 1.29 is 0 Å². The third-order valence-electron chi connectivity index (χ3n) is 3.31. The van der Waals surface area contributed by atoms with E-state index in [1.165, 1.54) is 0 Å². The second-order valence-electron chi connectivity index (χ2n) is 4.75. The van der Waals surface area contributed by atoms with Crippen molar-refractivity contribution in [2.75, 3.05) is 0 Å². The van der Waals surface area contributed by atoms with Crippen molar-refractivity contribution in [1.82, 2.24) is 19.5 Å². The first-order valence-corrected chi connectivity index (χ1v) is 8.79. The molecular weight excluding hydrogens is 372 g/mol. The molecule has 0 aliphatic carbocycles. The predicted molar refractivity (Wildman–Crippen MR) is 90.0 cm³/mol. The molecule has 2 atom stereocenters. The highest BCUT2D eigenvalue weighted by atomic mass is 79.9. The fraction of sp³-hybridized carbons (Fsp3) is 0.357. The van der Waals surface area contributed by atoms with Crippen molar-refractivity contribution in [3.05, 3.63) is 39.1 Å². The number of imidazole rings is 1. The summed E-state index contributed by atoms with van der Waals surface area (Å²) in [5, 5.41) is 2.86. The first-order chi connectivity index (χ1) is 10.1. The van der Waals surface area contributed by atoms with E-state index in [2.05, 4.69) is 42.4 Å². The first kappa shape index (κ1) is 14.9. The molecule has 3 heterocycles. The maximum Gasteiger partial charge on any atom is 0.160 e. The van der Waals surface area contributed by atoms with Gasteiger partial charge in [0.1, 0.15) is 16.3 Å². The van der Waals surface area contributed by atoms with Crippen LogP contribution in [-0.4, -0.2) is 19.5 Å². The van der Waals surface area contributed by atoms with E-state index >= 15 is 0 Å². The molecule has 0 saturated heterocycles. The van der Waals surface area contributed by atoms with Crippen LogP contribution in [0.2, 0.25) is 0 Å². The van der Waals surface area contributed by atoms with Crippen molar-refractivity contribution in [3.8, 4) is 0 Å². The maximum absolute atomic E-state index is 6.34. The molecule has 0 fully saturated rings. The second-order valence-corrected chi connectivity index (χ2v) is 7.24. The lowest BCUT2D eigenvalue weighted by Crippen LogP contribution is -2.14. The largest absolute Gasteiger partial charge is 0.301 e. The smallest absolute Gasteiger partial charge is 0.160 e. The molecular formula is C14H14BrClN4S. The number of hydrogen-bond acceptors (Lipinski definition) is 4. The Hall–Kier alpha value is -0.980. The zero-order valence-electron chi connectivity index (χ0n) is 11.6. The average molecular weight is 386 g/mol. The molecule has 0 spiro atoms. The van der Waals surface area contributed by atoms with Gasteiger partial charge in [-0.2, -0.15) is 0 Å². The van der Waals surface area contributed by atoms with Crippen LogP contribution in [0.1, 0.15) is 42.5 Å². The number of hydrogen-bond donors (Lipinski definition) is 0. The van der Waals surface area contributed by atoms with Gasteiger partial charge in [0.25, 0.3) is 0 Å². The Bertz CT molecular complexity index is 754. The predicted octanol–water partition coefficient (Wildman–Crippen LogP) is 4.95. The van der Waals surface area contributed by atoms with Crippen LogP contribution in [-0.2, 0) is 0 Å². The average Bonchev–Trinajstić information content (AvgIpc) is 3.08. The molecule has 0 bridgehead atoms. The van der Waals surface area contributed by atoms with Gasteiger partial charge in [-0.05, 0) is 35.3 Å². The number of pyridine rings is 1. The molecule has 0 amide bonds. The highest BCUT2D eigenvalue weighted by molar-refractivity contribution is 9.10. The Morgan fingerprint density at radius 1 is 1.43 bits per heavy atom. The molecule has 3 aromatic heterocycles. The fourth-order valence-electron chi connectivity index (χ4n) is 2.43. The molecule has 4 nitrogen and oxygen atoms in total. The van der Waals surface area contributed by atoms with Gasteiger partial charge in [-0.25, -0.2) is 15.0 Å². The molecule has 0 radical (unpaired) electrons. The molecule has 3 aromatic rings. The SMILES string of the molecule is CCC(c1nccs1)n1c(C(C)Cl)nc2cc(Br)cnc21. The second kappa shape index (κ2) is 6.02. The zero-order valence-corrected chi connectivity index (χ0v) is 14.8. The van der Waals surface area contributed by atoms with Crippen molar-refractivity contribution in [2.24, 2.45) is 0 Å². The fourth-order valence-corrected chi connectivity index (χ4v) is 3.71. The molecule has 0 N–H and O–H groups in total. The summed E-state index contributed by atoms with van der Waals surface area (Å²) in [5.74, 6) is 0.833. The van der Waals surface area contributed by atoms with Crippen LogP contribution in [0.5, 0.6) is 0 Å². The number of rotatable bonds is 4. The number of alkyl halides is 1. The topological polar surface area (TPSA) is 43.6 Å². The number of aromatic nitrogens is 4. The van der Waals surface area contributed by atoms with Crippen molar-refractivity contribution in [3.63, 3.8) is 0 Å². The lowest BCUT2D eigenvalue weighted by molar-refractivity contribution is 0.549. The third-order valence-corrected chi connectivity index (χ3v) is 4.82. The van der Waals surface area contributed by atoms with Gasteiger partial charge in [-0.15, -0.1) is 22.9 Å². The minimum Gasteiger partial charge on any atom is -0.301 e. The Morgan fingerprint density at radius 2 is 2.24 bits per heavy atom. The van der Waals surface area contributed by atoms with Gasteiger partial charge in [0.15, 0.2) is 5.65 Å². The first-order valence-electron chi connectivity index (χ1n) is 6.68. The van der Waals surface area contributed by atoms with E-state index in [9.17, 15) is 0 Å². The summed E-state index contributed by atoms with van der Waals surface area (Å²) in [4.78, 5) is 13.7. The van der Waals surface area contributed by atoms with E-state index in [4.69, 9.17) is 11.6 Å². The van der Waals surface area contributed by atoms with Crippen LogP contribution in [0, 0.1) is 0 Å². The lowest BCUT2D eigenvalue weighted by atomic mass is 10.2. The quantitative estimate of drug-likeness (QED) is 0.597. The standard InChI is InChI=1S/C14H14BrClN4S/c1-3-11(14-17-4-5-21-14)20-12(8(2)16)19-10-6-9(15)7-18-13(10)20/h4-8,11H,3H2,1-2H3. The Balaban J connectivity index is 2.26. The highest BCUT2D eigenvalue weighted by Gasteiger charge is 2.24. The Kier molecular flexibility index (Phi) is 4.28. The molecule has 0 aliphatic heterocycles. The Morgan fingerprint density at radius 3 is 2.86 bits per heavy atom. The highest BCUT2D eigenvalue weighted by Crippen LogP contribution is 2.33. The van der Waals surface area contributed by atoms with Gasteiger partial charge < -0.3 is 4.57 Å². The van der Waals surface area contributed by atoms with E-state index in [0.717, 1.165) is 32.9 Å². The Labute approximate surface area is 140 Å². The summed E-state index contributed by atoms with van der Waals surface area (Å²) in [6.07, 6.45) is 4.53. The molecule has 0 aliphatic rings. The van der Waals surface area contributed by atoms with E-state index in [1.807, 2.05) is 24.6 Å². The summed E-state index contributed by atoms with van der Waals surface area (Å²) in [5.41, 5.74) is 1.70. The molecule has 2 unspecified atom stereocenters.